The maximum absolute atomic E-state index is 12.8. The molecule has 9 heteroatoms. The molecule has 2 atom stereocenters. The van der Waals surface area contributed by atoms with Crippen LogP contribution < -0.4 is 15.4 Å². The first-order valence-corrected chi connectivity index (χ1v) is 9.49. The summed E-state index contributed by atoms with van der Waals surface area (Å²) >= 11 is 1.47. The van der Waals surface area contributed by atoms with Crippen LogP contribution in [-0.4, -0.2) is 40.4 Å². The van der Waals surface area contributed by atoms with Crippen LogP contribution in [0.25, 0.3) is 10.2 Å². The second-order valence-electron chi connectivity index (χ2n) is 6.39. The molecule has 1 aliphatic heterocycles. The number of nitrogens with one attached hydrogen (secondary N) is 2. The van der Waals surface area contributed by atoms with Gasteiger partial charge in [-0.1, -0.05) is 11.3 Å². The molecular formula is C18H22ClN5O2S. The van der Waals surface area contributed by atoms with E-state index in [1.807, 2.05) is 44.6 Å². The SMILES string of the molecule is CCOc1ccc2nc(NC(=O)[C@H]3CNC[C@@H]3c3cnn(C)c3)sc2c1.Cl. The summed E-state index contributed by atoms with van der Waals surface area (Å²) in [4.78, 5) is 17.3. The molecule has 144 valence electrons. The van der Waals surface area contributed by atoms with Crippen molar-refractivity contribution in [1.29, 1.82) is 0 Å². The number of carbonyl (C=O) groups excluding carboxylic acids is 1. The number of ether oxygens (including phenoxy) is 1. The highest BCUT2D eigenvalue weighted by Crippen LogP contribution is 2.32. The fraction of sp³-hybridized carbons (Fsp3) is 0.389. The standard InChI is InChI=1S/C18H21N5O2S.ClH/c1-3-25-12-4-5-15-16(6-12)26-18(21-15)22-17(24)14-9-19-8-13(14)11-7-20-23(2)10-11;/h4-7,10,13-14,19H,3,8-9H2,1-2H3,(H,21,22,24);1H/t13-,14+;/m1./s1. The summed E-state index contributed by atoms with van der Waals surface area (Å²) in [5.74, 6) is 0.805. The number of nitrogens with zero attached hydrogens (tertiary/aromatic N) is 3. The van der Waals surface area contributed by atoms with Crippen molar-refractivity contribution in [1.82, 2.24) is 20.1 Å². The summed E-state index contributed by atoms with van der Waals surface area (Å²) in [7, 11) is 1.89. The zero-order valence-corrected chi connectivity index (χ0v) is 16.8. The number of amides is 1. The van der Waals surface area contributed by atoms with Crippen molar-refractivity contribution in [3.63, 3.8) is 0 Å². The molecule has 0 saturated carbocycles. The van der Waals surface area contributed by atoms with Gasteiger partial charge >= 0.3 is 0 Å². The van der Waals surface area contributed by atoms with E-state index >= 15 is 0 Å². The number of aromatic nitrogens is 3. The molecule has 2 N–H and O–H groups in total. The quantitative estimate of drug-likeness (QED) is 0.679. The first-order chi connectivity index (χ1) is 12.6. The lowest BCUT2D eigenvalue weighted by molar-refractivity contribution is -0.119. The van der Waals surface area contributed by atoms with Crippen molar-refractivity contribution in [2.45, 2.75) is 12.8 Å². The summed E-state index contributed by atoms with van der Waals surface area (Å²) < 4.78 is 8.30. The number of fused-ring (bicyclic) bond motifs is 1. The molecule has 3 heterocycles. The van der Waals surface area contributed by atoms with Gasteiger partial charge in [0.1, 0.15) is 5.75 Å². The Hall–Kier alpha value is -2.16. The third-order valence-corrected chi connectivity index (χ3v) is 5.54. The molecule has 0 spiro atoms. The first kappa shape index (κ1) is 19.6. The van der Waals surface area contributed by atoms with Crippen molar-refractivity contribution in [3.05, 3.63) is 36.2 Å². The van der Waals surface area contributed by atoms with E-state index in [1.54, 1.807) is 4.68 Å². The Morgan fingerprint density at radius 1 is 1.44 bits per heavy atom. The molecule has 0 aliphatic carbocycles. The Kier molecular flexibility index (Phi) is 5.98. The highest BCUT2D eigenvalue weighted by molar-refractivity contribution is 7.22. The molecule has 1 saturated heterocycles. The molecule has 2 aromatic heterocycles. The van der Waals surface area contributed by atoms with E-state index in [9.17, 15) is 4.79 Å². The van der Waals surface area contributed by atoms with Gasteiger partial charge in [-0.3, -0.25) is 9.48 Å². The maximum atomic E-state index is 12.8. The summed E-state index contributed by atoms with van der Waals surface area (Å²) in [5, 5.41) is 11.2. The Balaban J connectivity index is 0.00000210. The number of carbonyl (C=O) groups is 1. The lowest BCUT2D eigenvalue weighted by Gasteiger charge is -2.15. The van der Waals surface area contributed by atoms with Gasteiger partial charge in [0, 0.05) is 32.3 Å². The smallest absolute Gasteiger partial charge is 0.231 e. The Morgan fingerprint density at radius 2 is 2.30 bits per heavy atom. The summed E-state index contributed by atoms with van der Waals surface area (Å²) in [6, 6.07) is 5.78. The number of anilines is 1. The van der Waals surface area contributed by atoms with Gasteiger partial charge in [-0.05, 0) is 30.7 Å². The third-order valence-electron chi connectivity index (χ3n) is 4.61. The van der Waals surface area contributed by atoms with Crippen LogP contribution in [0.15, 0.2) is 30.6 Å². The predicted octanol–water partition coefficient (Wildman–Crippen LogP) is 2.79. The van der Waals surface area contributed by atoms with E-state index in [0.29, 0.717) is 18.3 Å². The number of hydrogen-bond donors (Lipinski definition) is 2. The Morgan fingerprint density at radius 3 is 3.04 bits per heavy atom. The monoisotopic (exact) mass is 407 g/mol. The number of aryl methyl sites for hydroxylation is 1. The fourth-order valence-electron chi connectivity index (χ4n) is 3.35. The topological polar surface area (TPSA) is 81.1 Å². The molecule has 7 nitrogen and oxygen atoms in total. The van der Waals surface area contributed by atoms with Gasteiger partial charge in [0.25, 0.3) is 0 Å². The molecule has 1 fully saturated rings. The van der Waals surface area contributed by atoms with E-state index < -0.39 is 0 Å². The third kappa shape index (κ3) is 4.07. The molecule has 1 aromatic carbocycles. The van der Waals surface area contributed by atoms with Gasteiger partial charge in [0.15, 0.2) is 5.13 Å². The lowest BCUT2D eigenvalue weighted by Crippen LogP contribution is -2.27. The maximum Gasteiger partial charge on any atom is 0.231 e. The molecule has 0 radical (unpaired) electrons. The average Bonchev–Trinajstić information content (AvgIpc) is 3.32. The van der Waals surface area contributed by atoms with E-state index in [-0.39, 0.29) is 30.2 Å². The minimum Gasteiger partial charge on any atom is -0.494 e. The first-order valence-electron chi connectivity index (χ1n) is 8.67. The average molecular weight is 408 g/mol. The molecule has 1 aliphatic rings. The van der Waals surface area contributed by atoms with Crippen LogP contribution in [0.1, 0.15) is 18.4 Å². The second-order valence-corrected chi connectivity index (χ2v) is 7.42. The predicted molar refractivity (Wildman–Crippen MR) is 109 cm³/mol. The summed E-state index contributed by atoms with van der Waals surface area (Å²) in [5.41, 5.74) is 1.95. The molecule has 0 bridgehead atoms. The van der Waals surface area contributed by atoms with Crippen LogP contribution >= 0.6 is 23.7 Å². The zero-order chi connectivity index (χ0) is 18.1. The van der Waals surface area contributed by atoms with Crippen molar-refractivity contribution >= 4 is 45.0 Å². The number of benzene rings is 1. The summed E-state index contributed by atoms with van der Waals surface area (Å²) in [6.45, 7) is 4.02. The normalized spacial score (nSPS) is 19.0. The van der Waals surface area contributed by atoms with E-state index in [4.69, 9.17) is 4.74 Å². The molecule has 27 heavy (non-hydrogen) atoms. The minimum absolute atomic E-state index is 0. The van der Waals surface area contributed by atoms with Crippen LogP contribution in [-0.2, 0) is 11.8 Å². The van der Waals surface area contributed by atoms with Crippen LogP contribution in [0.5, 0.6) is 5.75 Å². The Bertz CT molecular complexity index is 941. The van der Waals surface area contributed by atoms with Crippen molar-refractivity contribution in [2.24, 2.45) is 13.0 Å². The van der Waals surface area contributed by atoms with Crippen LogP contribution in [0, 0.1) is 5.92 Å². The van der Waals surface area contributed by atoms with Gasteiger partial charge in [0.05, 0.1) is 28.9 Å². The van der Waals surface area contributed by atoms with Crippen LogP contribution in [0.2, 0.25) is 0 Å². The number of hydrogen-bond acceptors (Lipinski definition) is 6. The van der Waals surface area contributed by atoms with Crippen LogP contribution in [0.4, 0.5) is 5.13 Å². The van der Waals surface area contributed by atoms with E-state index in [2.05, 4.69) is 20.7 Å². The lowest BCUT2D eigenvalue weighted by atomic mass is 9.90. The number of rotatable bonds is 5. The van der Waals surface area contributed by atoms with Crippen molar-refractivity contribution < 1.29 is 9.53 Å². The largest absolute Gasteiger partial charge is 0.494 e. The van der Waals surface area contributed by atoms with E-state index in [0.717, 1.165) is 28.1 Å². The van der Waals surface area contributed by atoms with Crippen molar-refractivity contribution in [3.8, 4) is 5.75 Å². The molecule has 3 aromatic rings. The van der Waals surface area contributed by atoms with Crippen molar-refractivity contribution in [2.75, 3.05) is 25.0 Å². The van der Waals surface area contributed by atoms with Gasteiger partial charge in [-0.15, -0.1) is 12.4 Å². The van der Waals surface area contributed by atoms with E-state index in [1.165, 1.54) is 11.3 Å². The van der Waals surface area contributed by atoms with Gasteiger partial charge < -0.3 is 15.4 Å². The number of halogens is 1. The van der Waals surface area contributed by atoms with Gasteiger partial charge in [-0.2, -0.15) is 5.10 Å². The fourth-order valence-corrected chi connectivity index (χ4v) is 4.25. The molecule has 1 amide bonds. The van der Waals surface area contributed by atoms with Crippen LogP contribution in [0.3, 0.4) is 0 Å². The molecule has 0 unspecified atom stereocenters. The highest BCUT2D eigenvalue weighted by atomic mass is 35.5. The molecule has 4 rings (SSSR count). The zero-order valence-electron chi connectivity index (χ0n) is 15.1. The number of thiazole rings is 1. The Labute approximate surface area is 167 Å². The van der Waals surface area contributed by atoms with Gasteiger partial charge in [-0.25, -0.2) is 4.98 Å². The highest BCUT2D eigenvalue weighted by Gasteiger charge is 2.35. The summed E-state index contributed by atoms with van der Waals surface area (Å²) in [6.07, 6.45) is 3.82. The van der Waals surface area contributed by atoms with Gasteiger partial charge in [0.2, 0.25) is 5.91 Å². The molecular weight excluding hydrogens is 386 g/mol. The minimum atomic E-state index is -0.134. The second kappa shape index (κ2) is 8.24.